The minimum absolute atomic E-state index is 0. The maximum atomic E-state index is 9.70. The monoisotopic (exact) mass is 143 g/mol. The maximum Gasteiger partial charge on any atom is 0.469 e. The molecule has 5 N–H and O–H groups in total. The van der Waals surface area contributed by atoms with Crippen LogP contribution in [0.4, 0.5) is 0 Å². The van der Waals surface area contributed by atoms with Gasteiger partial charge in [0.1, 0.15) is 0 Å². The van der Waals surface area contributed by atoms with Crippen molar-refractivity contribution in [3.05, 3.63) is 0 Å². The standard InChI is InChI=1S/C2H7O4P.H3N/c1-2-6-7(3,4)5;/h2H2,1H3,(H2,3,4,5);1H3. The molecule has 8 heavy (non-hydrogen) atoms. The van der Waals surface area contributed by atoms with Crippen LogP contribution in [0, 0.1) is 0 Å². The van der Waals surface area contributed by atoms with Gasteiger partial charge in [0.2, 0.25) is 0 Å². The highest BCUT2D eigenvalue weighted by molar-refractivity contribution is 7.46. The molecule has 0 aromatic rings. The summed E-state index contributed by atoms with van der Waals surface area (Å²) in [7, 11) is -4.17. The molecule has 0 heterocycles. The zero-order valence-corrected chi connectivity index (χ0v) is 5.47. The molecular weight excluding hydrogens is 133 g/mol. The summed E-state index contributed by atoms with van der Waals surface area (Å²) in [5.74, 6) is 0. The van der Waals surface area contributed by atoms with Crippen LogP contribution in [0.25, 0.3) is 0 Å². The summed E-state index contributed by atoms with van der Waals surface area (Å²) in [5, 5.41) is 0. The lowest BCUT2D eigenvalue weighted by Crippen LogP contribution is -1.84. The second-order valence-electron chi connectivity index (χ2n) is 0.908. The summed E-state index contributed by atoms with van der Waals surface area (Å²) in [4.78, 5) is 15.8. The van der Waals surface area contributed by atoms with E-state index in [1.807, 2.05) is 0 Å². The van der Waals surface area contributed by atoms with Crippen molar-refractivity contribution in [3.8, 4) is 0 Å². The number of rotatable bonds is 2. The zero-order valence-electron chi connectivity index (χ0n) is 4.57. The molecule has 0 atom stereocenters. The number of hydrogen-bond donors (Lipinski definition) is 3. The molecule has 0 bridgehead atoms. The number of phosphoric ester groups is 1. The van der Waals surface area contributed by atoms with Gasteiger partial charge < -0.3 is 15.9 Å². The summed E-state index contributed by atoms with van der Waals surface area (Å²) < 4.78 is 13.6. The van der Waals surface area contributed by atoms with Crippen LogP contribution in [-0.4, -0.2) is 16.4 Å². The topological polar surface area (TPSA) is 102 Å². The van der Waals surface area contributed by atoms with E-state index >= 15 is 0 Å². The highest BCUT2D eigenvalue weighted by Crippen LogP contribution is 2.34. The van der Waals surface area contributed by atoms with Gasteiger partial charge in [-0.15, -0.1) is 0 Å². The summed E-state index contributed by atoms with van der Waals surface area (Å²) in [6.07, 6.45) is 0. The Morgan fingerprint density at radius 2 is 2.00 bits per heavy atom. The minimum Gasteiger partial charge on any atom is -0.344 e. The predicted octanol–water partition coefficient (Wildman–Crippen LogP) is 0.278. The van der Waals surface area contributed by atoms with Crippen molar-refractivity contribution in [1.29, 1.82) is 0 Å². The lowest BCUT2D eigenvalue weighted by Gasteiger charge is -1.98. The summed E-state index contributed by atoms with van der Waals surface area (Å²) in [5.41, 5.74) is 0. The fourth-order valence-corrected chi connectivity index (χ4v) is 0.505. The Morgan fingerprint density at radius 3 is 2.00 bits per heavy atom. The Balaban J connectivity index is 0. The Morgan fingerprint density at radius 1 is 1.62 bits per heavy atom. The van der Waals surface area contributed by atoms with Crippen LogP contribution < -0.4 is 6.15 Å². The highest BCUT2D eigenvalue weighted by Gasteiger charge is 2.10. The first-order valence-corrected chi connectivity index (χ1v) is 3.29. The molecule has 0 spiro atoms. The molecule has 0 aromatic carbocycles. The van der Waals surface area contributed by atoms with E-state index in [9.17, 15) is 4.57 Å². The van der Waals surface area contributed by atoms with Crippen molar-refractivity contribution in [3.63, 3.8) is 0 Å². The Labute approximate surface area is 47.5 Å². The molecule has 0 rings (SSSR count). The van der Waals surface area contributed by atoms with Gasteiger partial charge in [-0.05, 0) is 6.92 Å². The molecule has 0 saturated carbocycles. The number of hydrogen-bond acceptors (Lipinski definition) is 3. The van der Waals surface area contributed by atoms with Gasteiger partial charge in [0.25, 0.3) is 0 Å². The first-order chi connectivity index (χ1) is 3.06. The van der Waals surface area contributed by atoms with Crippen molar-refractivity contribution in [2.24, 2.45) is 0 Å². The second-order valence-corrected chi connectivity index (χ2v) is 2.15. The van der Waals surface area contributed by atoms with Crippen molar-refractivity contribution < 1.29 is 18.9 Å². The van der Waals surface area contributed by atoms with Crippen LogP contribution in [0.5, 0.6) is 0 Å². The molecule has 0 aliphatic rings. The van der Waals surface area contributed by atoms with E-state index in [4.69, 9.17) is 9.79 Å². The highest BCUT2D eigenvalue weighted by atomic mass is 31.2. The van der Waals surface area contributed by atoms with Crippen molar-refractivity contribution in [1.82, 2.24) is 6.15 Å². The van der Waals surface area contributed by atoms with Gasteiger partial charge in [0.05, 0.1) is 6.61 Å². The third-order valence-electron chi connectivity index (χ3n) is 0.297. The van der Waals surface area contributed by atoms with Gasteiger partial charge >= 0.3 is 7.82 Å². The first-order valence-electron chi connectivity index (χ1n) is 1.76. The van der Waals surface area contributed by atoms with Gasteiger partial charge in [0, 0.05) is 0 Å². The Hall–Kier alpha value is 0.0700. The van der Waals surface area contributed by atoms with E-state index in [1.54, 1.807) is 0 Å². The lowest BCUT2D eigenvalue weighted by molar-refractivity contribution is 0.206. The molecule has 6 heteroatoms. The largest absolute Gasteiger partial charge is 0.469 e. The molecule has 0 fully saturated rings. The molecule has 52 valence electrons. The fraction of sp³-hybridized carbons (Fsp3) is 1.00. The second kappa shape index (κ2) is 4.00. The van der Waals surface area contributed by atoms with Crippen molar-refractivity contribution in [2.45, 2.75) is 6.92 Å². The van der Waals surface area contributed by atoms with Crippen molar-refractivity contribution in [2.75, 3.05) is 6.61 Å². The van der Waals surface area contributed by atoms with E-state index in [0.717, 1.165) is 0 Å². The third-order valence-corrected chi connectivity index (χ3v) is 0.892. The summed E-state index contributed by atoms with van der Waals surface area (Å²) in [6.45, 7) is 1.56. The van der Waals surface area contributed by atoms with Gasteiger partial charge in [-0.25, -0.2) is 4.57 Å². The molecule has 0 radical (unpaired) electrons. The number of phosphoric acid groups is 1. The quantitative estimate of drug-likeness (QED) is 0.481. The van der Waals surface area contributed by atoms with Crippen LogP contribution >= 0.6 is 7.82 Å². The SMILES string of the molecule is CCOP(=O)(O)O.N. The van der Waals surface area contributed by atoms with E-state index in [1.165, 1.54) is 6.92 Å². The normalized spacial score (nSPS) is 10.4. The minimum atomic E-state index is -4.17. The lowest BCUT2D eigenvalue weighted by atomic mass is 10.9. The molecule has 0 aliphatic carbocycles. The summed E-state index contributed by atoms with van der Waals surface area (Å²) in [6, 6.07) is 0. The Kier molecular flexibility index (Phi) is 5.47. The zero-order chi connectivity index (χ0) is 5.91. The van der Waals surface area contributed by atoms with Gasteiger partial charge in [-0.2, -0.15) is 0 Å². The fourth-order valence-electron chi connectivity index (χ4n) is 0.168. The van der Waals surface area contributed by atoms with Crippen LogP contribution in [0.2, 0.25) is 0 Å². The predicted molar refractivity (Wildman–Crippen MR) is 28.7 cm³/mol. The molecule has 5 nitrogen and oxygen atoms in total. The van der Waals surface area contributed by atoms with E-state index in [2.05, 4.69) is 4.52 Å². The van der Waals surface area contributed by atoms with Crippen LogP contribution in [0.15, 0.2) is 0 Å². The van der Waals surface area contributed by atoms with Crippen molar-refractivity contribution >= 4 is 7.82 Å². The Bertz CT molecular complexity index is 88.0. The molecule has 0 saturated heterocycles. The van der Waals surface area contributed by atoms with Crippen LogP contribution in [0.3, 0.4) is 0 Å². The third kappa shape index (κ3) is 9.42. The molecular formula is C2H10NO4P. The average molecular weight is 143 g/mol. The van der Waals surface area contributed by atoms with E-state index in [0.29, 0.717) is 0 Å². The van der Waals surface area contributed by atoms with E-state index in [-0.39, 0.29) is 12.8 Å². The van der Waals surface area contributed by atoms with Gasteiger partial charge in [-0.1, -0.05) is 0 Å². The summed E-state index contributed by atoms with van der Waals surface area (Å²) >= 11 is 0. The van der Waals surface area contributed by atoms with Gasteiger partial charge in [-0.3, -0.25) is 4.52 Å². The van der Waals surface area contributed by atoms with Crippen LogP contribution in [-0.2, 0) is 9.09 Å². The van der Waals surface area contributed by atoms with Crippen LogP contribution in [0.1, 0.15) is 6.92 Å². The van der Waals surface area contributed by atoms with Gasteiger partial charge in [0.15, 0.2) is 0 Å². The average Bonchev–Trinajstić information content (AvgIpc) is 1.30. The van der Waals surface area contributed by atoms with E-state index < -0.39 is 7.82 Å². The molecule has 0 amide bonds. The first kappa shape index (κ1) is 10.9. The maximum absolute atomic E-state index is 9.70. The molecule has 0 aliphatic heterocycles. The molecule has 0 aromatic heterocycles. The molecule has 0 unspecified atom stereocenters. The smallest absolute Gasteiger partial charge is 0.344 e.